The molecule has 1 aromatic heterocycles. The van der Waals surface area contributed by atoms with Gasteiger partial charge in [-0.2, -0.15) is 0 Å². The number of ether oxygens (including phenoxy) is 1. The second-order valence-electron chi connectivity index (χ2n) is 5.46. The standard InChI is InChI=1S/C19H22O5/c1-23-13-14(12-18(22)19-6-3-11-24-19)4-2-5-17(21)15-7-9-16(20)10-8-15/h2-3,6-11,17-18,20-22H,5,12-13H2,1H3/t4?,17-,18-/m1/s1. The number of benzene rings is 1. The summed E-state index contributed by atoms with van der Waals surface area (Å²) in [5, 5.41) is 29.5. The van der Waals surface area contributed by atoms with Crippen molar-refractivity contribution in [3.8, 4) is 5.75 Å². The average molecular weight is 330 g/mol. The van der Waals surface area contributed by atoms with Crippen molar-refractivity contribution in [2.24, 2.45) is 0 Å². The van der Waals surface area contributed by atoms with Crippen LogP contribution in [0.4, 0.5) is 0 Å². The number of aromatic hydroxyl groups is 1. The van der Waals surface area contributed by atoms with Gasteiger partial charge in [0.2, 0.25) is 0 Å². The van der Waals surface area contributed by atoms with Crippen molar-refractivity contribution >= 4 is 0 Å². The van der Waals surface area contributed by atoms with Gasteiger partial charge in [0.05, 0.1) is 19.0 Å². The third-order valence-corrected chi connectivity index (χ3v) is 3.56. The monoisotopic (exact) mass is 330 g/mol. The highest BCUT2D eigenvalue weighted by molar-refractivity contribution is 5.27. The van der Waals surface area contributed by atoms with Crippen molar-refractivity contribution in [2.45, 2.75) is 25.0 Å². The molecule has 0 spiro atoms. The van der Waals surface area contributed by atoms with E-state index in [-0.39, 0.29) is 5.75 Å². The van der Waals surface area contributed by atoms with E-state index in [1.807, 2.05) is 0 Å². The average Bonchev–Trinajstić information content (AvgIpc) is 3.10. The normalized spacial score (nSPS) is 13.1. The number of rotatable bonds is 8. The number of phenolic OH excluding ortho intramolecular Hbond substituents is 1. The van der Waals surface area contributed by atoms with Gasteiger partial charge in [0.1, 0.15) is 17.6 Å². The van der Waals surface area contributed by atoms with Crippen molar-refractivity contribution in [1.29, 1.82) is 0 Å². The Morgan fingerprint density at radius 1 is 1.21 bits per heavy atom. The molecule has 2 aromatic rings. The number of furan rings is 1. The van der Waals surface area contributed by atoms with E-state index in [0.717, 1.165) is 11.1 Å². The topological polar surface area (TPSA) is 83.1 Å². The van der Waals surface area contributed by atoms with Crippen molar-refractivity contribution < 1.29 is 24.5 Å². The Bertz CT molecular complexity index is 666. The molecule has 3 N–H and O–H groups in total. The predicted molar refractivity (Wildman–Crippen MR) is 89.4 cm³/mol. The molecular weight excluding hydrogens is 308 g/mol. The first kappa shape index (κ1) is 18.0. The van der Waals surface area contributed by atoms with Crippen molar-refractivity contribution in [3.63, 3.8) is 0 Å². The van der Waals surface area contributed by atoms with Crippen molar-refractivity contribution in [3.05, 3.63) is 71.4 Å². The summed E-state index contributed by atoms with van der Waals surface area (Å²) in [6, 6.07) is 9.86. The molecule has 5 nitrogen and oxygen atoms in total. The van der Waals surface area contributed by atoms with Gasteiger partial charge in [-0.25, -0.2) is 0 Å². The highest BCUT2D eigenvalue weighted by Crippen LogP contribution is 2.22. The van der Waals surface area contributed by atoms with E-state index in [1.54, 1.807) is 37.5 Å². The van der Waals surface area contributed by atoms with Crippen LogP contribution in [0.3, 0.4) is 0 Å². The number of aliphatic hydroxyl groups excluding tert-OH is 2. The summed E-state index contributed by atoms with van der Waals surface area (Å²) in [5.41, 5.74) is 4.58. The Morgan fingerprint density at radius 3 is 2.58 bits per heavy atom. The van der Waals surface area contributed by atoms with Crippen molar-refractivity contribution in [1.82, 2.24) is 0 Å². The number of aliphatic hydroxyl groups is 2. The van der Waals surface area contributed by atoms with E-state index in [1.165, 1.54) is 18.4 Å². The summed E-state index contributed by atoms with van der Waals surface area (Å²) in [6.45, 7) is 0.337. The summed E-state index contributed by atoms with van der Waals surface area (Å²) in [4.78, 5) is 0. The van der Waals surface area contributed by atoms with Crippen LogP contribution in [0, 0.1) is 0 Å². The number of hydrogen-bond donors (Lipinski definition) is 3. The Balaban J connectivity index is 2.00. The first-order valence-electron chi connectivity index (χ1n) is 7.70. The fraction of sp³-hybridized carbons (Fsp3) is 0.316. The predicted octanol–water partition coefficient (Wildman–Crippen LogP) is 3.26. The molecule has 0 aliphatic carbocycles. The van der Waals surface area contributed by atoms with Crippen LogP contribution < -0.4 is 0 Å². The molecule has 0 radical (unpaired) electrons. The van der Waals surface area contributed by atoms with Crippen LogP contribution in [0.25, 0.3) is 0 Å². The lowest BCUT2D eigenvalue weighted by atomic mass is 10.1. The minimum absolute atomic E-state index is 0.163. The molecule has 0 aliphatic heterocycles. The molecule has 128 valence electrons. The van der Waals surface area contributed by atoms with E-state index in [9.17, 15) is 15.3 Å². The largest absolute Gasteiger partial charge is 0.508 e. The van der Waals surface area contributed by atoms with Crippen LogP contribution in [0.1, 0.15) is 36.4 Å². The van der Waals surface area contributed by atoms with Gasteiger partial charge in [-0.05, 0) is 35.9 Å². The number of hydrogen-bond acceptors (Lipinski definition) is 5. The zero-order valence-corrected chi connectivity index (χ0v) is 13.6. The Morgan fingerprint density at radius 2 is 1.96 bits per heavy atom. The summed E-state index contributed by atoms with van der Waals surface area (Å²) in [5.74, 6) is 0.658. The van der Waals surface area contributed by atoms with Gasteiger partial charge in [-0.3, -0.25) is 0 Å². The fourth-order valence-corrected chi connectivity index (χ4v) is 2.30. The first-order chi connectivity index (χ1) is 11.6. The molecule has 0 saturated heterocycles. The van der Waals surface area contributed by atoms with Crippen LogP contribution in [-0.4, -0.2) is 29.0 Å². The van der Waals surface area contributed by atoms with Crippen LogP contribution >= 0.6 is 0 Å². The molecule has 1 aromatic carbocycles. The van der Waals surface area contributed by atoms with E-state index in [4.69, 9.17) is 9.15 Å². The molecule has 0 fully saturated rings. The van der Waals surface area contributed by atoms with Crippen LogP contribution in [0.5, 0.6) is 5.75 Å². The van der Waals surface area contributed by atoms with E-state index < -0.39 is 12.2 Å². The van der Waals surface area contributed by atoms with E-state index >= 15 is 0 Å². The molecule has 0 saturated carbocycles. The first-order valence-corrected chi connectivity index (χ1v) is 7.70. The van der Waals surface area contributed by atoms with Crippen LogP contribution in [0.15, 0.2) is 64.5 Å². The maximum Gasteiger partial charge on any atom is 0.132 e. The lowest BCUT2D eigenvalue weighted by molar-refractivity contribution is 0.141. The second-order valence-corrected chi connectivity index (χ2v) is 5.46. The van der Waals surface area contributed by atoms with Gasteiger partial charge >= 0.3 is 0 Å². The zero-order valence-electron chi connectivity index (χ0n) is 13.6. The lowest BCUT2D eigenvalue weighted by Gasteiger charge is -2.10. The van der Waals surface area contributed by atoms with Crippen LogP contribution in [-0.2, 0) is 4.74 Å². The molecule has 2 atom stereocenters. The molecular formula is C19H22O5. The highest BCUT2D eigenvalue weighted by Gasteiger charge is 2.12. The molecule has 2 rings (SSSR count). The molecule has 24 heavy (non-hydrogen) atoms. The Hall–Kier alpha value is -2.30. The quantitative estimate of drug-likeness (QED) is 0.647. The molecule has 0 bridgehead atoms. The smallest absolute Gasteiger partial charge is 0.132 e. The van der Waals surface area contributed by atoms with Crippen LogP contribution in [0.2, 0.25) is 0 Å². The summed E-state index contributed by atoms with van der Waals surface area (Å²) >= 11 is 0. The minimum atomic E-state index is -0.756. The number of methoxy groups -OCH3 is 1. The maximum atomic E-state index is 10.1. The van der Waals surface area contributed by atoms with Gasteiger partial charge in [0, 0.05) is 25.5 Å². The van der Waals surface area contributed by atoms with E-state index in [2.05, 4.69) is 5.73 Å². The molecule has 1 heterocycles. The second kappa shape index (κ2) is 9.11. The molecule has 0 aliphatic rings. The zero-order chi connectivity index (χ0) is 17.4. The Labute approximate surface area is 141 Å². The van der Waals surface area contributed by atoms with Gasteiger partial charge < -0.3 is 24.5 Å². The van der Waals surface area contributed by atoms with Gasteiger partial charge in [-0.1, -0.05) is 12.1 Å². The molecule has 5 heteroatoms. The van der Waals surface area contributed by atoms with Gasteiger partial charge in [0.15, 0.2) is 0 Å². The summed E-state index contributed by atoms with van der Waals surface area (Å²) < 4.78 is 10.3. The van der Waals surface area contributed by atoms with Crippen molar-refractivity contribution in [2.75, 3.05) is 13.7 Å². The van der Waals surface area contributed by atoms with Gasteiger partial charge in [0.25, 0.3) is 0 Å². The fourth-order valence-electron chi connectivity index (χ4n) is 2.30. The summed E-state index contributed by atoms with van der Waals surface area (Å²) in [7, 11) is 1.58. The Kier molecular flexibility index (Phi) is 6.85. The molecule has 0 amide bonds. The SMILES string of the molecule is COCC(=C=CC[C@@H](O)c1ccc(O)cc1)C[C@@H](O)c1ccco1. The number of phenols is 1. The van der Waals surface area contributed by atoms with E-state index in [0.29, 0.717) is 25.2 Å². The third-order valence-electron chi connectivity index (χ3n) is 3.56. The lowest BCUT2D eigenvalue weighted by Crippen LogP contribution is -2.02. The minimum Gasteiger partial charge on any atom is -0.508 e. The van der Waals surface area contributed by atoms with Gasteiger partial charge in [-0.15, -0.1) is 5.73 Å². The maximum absolute atomic E-state index is 10.1. The highest BCUT2D eigenvalue weighted by atomic mass is 16.5. The molecule has 0 unspecified atom stereocenters. The third kappa shape index (κ3) is 5.41. The summed E-state index contributed by atoms with van der Waals surface area (Å²) in [6.07, 6.45) is 2.51.